The fourth-order valence-corrected chi connectivity index (χ4v) is 4.20. The van der Waals surface area contributed by atoms with Gasteiger partial charge in [-0.05, 0) is 49.8 Å². The molecule has 3 rings (SSSR count). The molecule has 0 aliphatic rings. The van der Waals surface area contributed by atoms with Crippen LogP contribution in [0.4, 0.5) is 5.69 Å². The molecule has 2 aromatic carbocycles. The molecule has 0 bridgehead atoms. The number of aromatic amines is 1. The summed E-state index contributed by atoms with van der Waals surface area (Å²) in [6.45, 7) is 10.2. The molecule has 31 heavy (non-hydrogen) atoms. The van der Waals surface area contributed by atoms with Crippen molar-refractivity contribution in [2.75, 3.05) is 4.90 Å². The van der Waals surface area contributed by atoms with Crippen molar-refractivity contribution in [3.05, 3.63) is 98.0 Å². The maximum atomic E-state index is 14.0. The third-order valence-electron chi connectivity index (χ3n) is 5.96. The Balaban J connectivity index is 2.23. The molecular formula is C27H32N2O2. The van der Waals surface area contributed by atoms with E-state index in [9.17, 15) is 9.59 Å². The Bertz CT molecular complexity index is 1110. The first-order valence-corrected chi connectivity index (χ1v) is 11.1. The van der Waals surface area contributed by atoms with Gasteiger partial charge in [-0.25, -0.2) is 0 Å². The van der Waals surface area contributed by atoms with E-state index in [1.807, 2.05) is 50.2 Å². The van der Waals surface area contributed by atoms with Crippen LogP contribution in [0.5, 0.6) is 0 Å². The number of anilines is 1. The number of H-pyrrole nitrogens is 1. The van der Waals surface area contributed by atoms with Gasteiger partial charge in [-0.3, -0.25) is 9.59 Å². The summed E-state index contributed by atoms with van der Waals surface area (Å²) in [6.07, 6.45) is 2.35. The maximum Gasteiger partial charge on any atom is 0.264 e. The zero-order valence-electron chi connectivity index (χ0n) is 19.2. The van der Waals surface area contributed by atoms with E-state index in [1.165, 1.54) is 0 Å². The number of carbonyl (C=O) groups excluding carboxylic acids is 1. The quantitative estimate of drug-likeness (QED) is 0.551. The Morgan fingerprint density at radius 3 is 2.03 bits per heavy atom. The van der Waals surface area contributed by atoms with Gasteiger partial charge in [-0.15, -0.1) is 0 Å². The number of amides is 1. The summed E-state index contributed by atoms with van der Waals surface area (Å²) in [5.41, 5.74) is 6.37. The molecule has 0 spiro atoms. The first kappa shape index (κ1) is 22.5. The van der Waals surface area contributed by atoms with Crippen LogP contribution in [0.3, 0.4) is 0 Å². The van der Waals surface area contributed by atoms with Gasteiger partial charge < -0.3 is 9.88 Å². The Labute approximate surface area is 184 Å². The van der Waals surface area contributed by atoms with Gasteiger partial charge in [0.1, 0.15) is 5.56 Å². The van der Waals surface area contributed by atoms with Gasteiger partial charge in [0.15, 0.2) is 5.43 Å². The summed E-state index contributed by atoms with van der Waals surface area (Å²) in [7, 11) is 0. The lowest BCUT2D eigenvalue weighted by atomic mass is 9.99. The monoisotopic (exact) mass is 416 g/mol. The molecule has 0 aliphatic carbocycles. The van der Waals surface area contributed by atoms with Crippen LogP contribution in [-0.2, 0) is 25.8 Å². The minimum Gasteiger partial charge on any atom is -0.361 e. The molecule has 3 aromatic rings. The normalized spacial score (nSPS) is 10.9. The van der Waals surface area contributed by atoms with Crippen LogP contribution in [0.2, 0.25) is 0 Å². The molecular weight excluding hydrogens is 384 g/mol. The van der Waals surface area contributed by atoms with E-state index in [1.54, 1.807) is 11.8 Å². The molecule has 162 valence electrons. The average Bonchev–Trinajstić information content (AvgIpc) is 2.79. The lowest BCUT2D eigenvalue weighted by Gasteiger charge is -2.28. The lowest BCUT2D eigenvalue weighted by molar-refractivity contribution is 0.0982. The predicted molar refractivity (Wildman–Crippen MR) is 128 cm³/mol. The van der Waals surface area contributed by atoms with Crippen LogP contribution < -0.4 is 10.3 Å². The van der Waals surface area contributed by atoms with E-state index < -0.39 is 0 Å². The van der Waals surface area contributed by atoms with Gasteiger partial charge in [0.2, 0.25) is 0 Å². The molecule has 1 amide bonds. The molecule has 0 atom stereocenters. The minimum absolute atomic E-state index is 0.178. The molecule has 1 N–H and O–H groups in total. The van der Waals surface area contributed by atoms with Crippen molar-refractivity contribution in [2.45, 2.75) is 60.4 Å². The number of hydrogen-bond acceptors (Lipinski definition) is 2. The zero-order chi connectivity index (χ0) is 22.5. The van der Waals surface area contributed by atoms with E-state index >= 15 is 0 Å². The van der Waals surface area contributed by atoms with Crippen LogP contribution >= 0.6 is 0 Å². The summed E-state index contributed by atoms with van der Waals surface area (Å²) in [6, 6.07) is 16.1. The third kappa shape index (κ3) is 4.48. The van der Waals surface area contributed by atoms with Crippen LogP contribution in [0.15, 0.2) is 53.3 Å². The fourth-order valence-electron chi connectivity index (χ4n) is 4.20. The highest BCUT2D eigenvalue weighted by Crippen LogP contribution is 2.30. The van der Waals surface area contributed by atoms with E-state index in [-0.39, 0.29) is 16.9 Å². The van der Waals surface area contributed by atoms with Crippen molar-refractivity contribution < 1.29 is 4.79 Å². The van der Waals surface area contributed by atoms with Crippen LogP contribution in [0.1, 0.15) is 64.8 Å². The van der Waals surface area contributed by atoms with Gasteiger partial charge in [-0.2, -0.15) is 0 Å². The Kier molecular flexibility index (Phi) is 7.11. The highest BCUT2D eigenvalue weighted by Gasteiger charge is 2.27. The van der Waals surface area contributed by atoms with Crippen LogP contribution in [0.25, 0.3) is 0 Å². The van der Waals surface area contributed by atoms with Crippen molar-refractivity contribution in [1.82, 2.24) is 4.98 Å². The average molecular weight is 417 g/mol. The van der Waals surface area contributed by atoms with Crippen molar-refractivity contribution in [3.8, 4) is 0 Å². The highest BCUT2D eigenvalue weighted by atomic mass is 16.2. The number of pyridine rings is 1. The third-order valence-corrected chi connectivity index (χ3v) is 5.96. The number of para-hydroxylation sites is 1. The molecule has 4 heteroatoms. The summed E-state index contributed by atoms with van der Waals surface area (Å²) >= 11 is 0. The largest absolute Gasteiger partial charge is 0.361 e. The van der Waals surface area contributed by atoms with E-state index in [0.29, 0.717) is 17.8 Å². The topological polar surface area (TPSA) is 53.2 Å². The second-order valence-corrected chi connectivity index (χ2v) is 7.92. The van der Waals surface area contributed by atoms with Crippen molar-refractivity contribution in [3.63, 3.8) is 0 Å². The first-order valence-electron chi connectivity index (χ1n) is 11.1. The first-order chi connectivity index (χ1) is 14.9. The van der Waals surface area contributed by atoms with Gasteiger partial charge in [0.25, 0.3) is 5.91 Å². The molecule has 4 nitrogen and oxygen atoms in total. The number of hydrogen-bond donors (Lipinski definition) is 1. The van der Waals surface area contributed by atoms with Crippen molar-refractivity contribution >= 4 is 11.6 Å². The van der Waals surface area contributed by atoms with Crippen LogP contribution in [0, 0.1) is 13.8 Å². The standard InChI is InChI=1S/C27H32N2O2/c1-6-21-15-12-16-22(7-2)25(21)29(17-20-13-10-9-11-14-20)27(31)24-19(5)28-23(8-3)18(4)26(24)30/h9-16H,6-8,17H2,1-5H3,(H,28,30). The van der Waals surface area contributed by atoms with E-state index in [4.69, 9.17) is 0 Å². The number of nitrogens with zero attached hydrogens (tertiary/aromatic N) is 1. The molecule has 0 fully saturated rings. The number of carbonyl (C=O) groups is 1. The summed E-state index contributed by atoms with van der Waals surface area (Å²) < 4.78 is 0. The summed E-state index contributed by atoms with van der Waals surface area (Å²) in [5.74, 6) is -0.246. The molecule has 0 saturated heterocycles. The molecule has 0 aliphatic heterocycles. The SMILES string of the molecule is CCc1cccc(CC)c1N(Cc1ccccc1)C(=O)c1c(C)[nH]c(CC)c(C)c1=O. The molecule has 0 radical (unpaired) electrons. The fraction of sp³-hybridized carbons (Fsp3) is 0.333. The number of nitrogens with one attached hydrogen (secondary N) is 1. The predicted octanol–water partition coefficient (Wildman–Crippen LogP) is 5.53. The summed E-state index contributed by atoms with van der Waals surface area (Å²) in [4.78, 5) is 32.3. The number of aryl methyl sites for hydroxylation is 4. The lowest BCUT2D eigenvalue weighted by Crippen LogP contribution is -2.37. The molecule has 1 heterocycles. The van der Waals surface area contributed by atoms with Gasteiger partial charge in [-0.1, -0.05) is 69.3 Å². The highest BCUT2D eigenvalue weighted by molar-refractivity contribution is 6.07. The van der Waals surface area contributed by atoms with Crippen LogP contribution in [-0.4, -0.2) is 10.9 Å². The number of rotatable bonds is 7. The molecule has 0 saturated carbocycles. The number of benzene rings is 2. The van der Waals surface area contributed by atoms with Crippen molar-refractivity contribution in [2.24, 2.45) is 0 Å². The van der Waals surface area contributed by atoms with E-state index in [0.717, 1.165) is 47.3 Å². The minimum atomic E-state index is -0.246. The molecule has 1 aromatic heterocycles. The second-order valence-electron chi connectivity index (χ2n) is 7.92. The van der Waals surface area contributed by atoms with Gasteiger partial charge in [0, 0.05) is 17.0 Å². The summed E-state index contributed by atoms with van der Waals surface area (Å²) in [5, 5.41) is 0. The number of aromatic nitrogens is 1. The Morgan fingerprint density at radius 1 is 0.871 bits per heavy atom. The smallest absolute Gasteiger partial charge is 0.264 e. The van der Waals surface area contributed by atoms with E-state index in [2.05, 4.69) is 31.0 Å². The Morgan fingerprint density at radius 2 is 1.48 bits per heavy atom. The second kappa shape index (κ2) is 9.78. The van der Waals surface area contributed by atoms with Gasteiger partial charge in [0.05, 0.1) is 12.2 Å². The zero-order valence-corrected chi connectivity index (χ0v) is 19.2. The Hall–Kier alpha value is -3.14. The molecule has 0 unspecified atom stereocenters. The van der Waals surface area contributed by atoms with Gasteiger partial charge >= 0.3 is 0 Å². The maximum absolute atomic E-state index is 14.0. The van der Waals surface area contributed by atoms with Crippen molar-refractivity contribution in [1.29, 1.82) is 0 Å².